The van der Waals surface area contributed by atoms with Crippen LogP contribution in [0.25, 0.3) is 0 Å². The molecule has 1 aliphatic carbocycles. The second kappa shape index (κ2) is 5.95. The molecular formula is C15H25N5. The number of nitrogens with zero attached hydrogens (tertiary/aromatic N) is 3. The molecule has 1 aliphatic heterocycles. The Kier molecular flexibility index (Phi) is 4.05. The summed E-state index contributed by atoms with van der Waals surface area (Å²) in [6, 6.07) is 2.63. The highest BCUT2D eigenvalue weighted by atomic mass is 15.2. The first-order valence-corrected chi connectivity index (χ1v) is 7.77. The number of aromatic nitrogens is 2. The lowest BCUT2D eigenvalue weighted by atomic mass is 10.0. The van der Waals surface area contributed by atoms with E-state index in [4.69, 9.17) is 0 Å². The molecule has 20 heavy (non-hydrogen) atoms. The molecule has 3 rings (SSSR count). The molecule has 1 aromatic heterocycles. The van der Waals surface area contributed by atoms with Gasteiger partial charge in [-0.2, -0.15) is 0 Å². The SMILES string of the molecule is CNc1cc(NCC2CCCCN2C)nc(C2CC2)n1. The molecule has 0 bridgehead atoms. The van der Waals surface area contributed by atoms with Crippen molar-refractivity contribution < 1.29 is 0 Å². The highest BCUT2D eigenvalue weighted by molar-refractivity contribution is 5.48. The Morgan fingerprint density at radius 1 is 1.20 bits per heavy atom. The molecule has 1 saturated heterocycles. The zero-order valence-corrected chi connectivity index (χ0v) is 12.5. The number of likely N-dealkylation sites (N-methyl/N-ethyl adjacent to an activating group) is 1. The standard InChI is InChI=1S/C15H25N5/c1-16-13-9-14(19-15(18-13)11-6-7-11)17-10-12-5-3-4-8-20(12)2/h9,11-12H,3-8,10H2,1-2H3,(H2,16,17,18,19). The van der Waals surface area contributed by atoms with Crippen LogP contribution in [0.4, 0.5) is 11.6 Å². The molecule has 5 heteroatoms. The van der Waals surface area contributed by atoms with E-state index < -0.39 is 0 Å². The summed E-state index contributed by atoms with van der Waals surface area (Å²) in [4.78, 5) is 11.7. The number of hydrogen-bond acceptors (Lipinski definition) is 5. The quantitative estimate of drug-likeness (QED) is 0.863. The molecule has 5 nitrogen and oxygen atoms in total. The lowest BCUT2D eigenvalue weighted by Crippen LogP contribution is -2.40. The fourth-order valence-electron chi connectivity index (χ4n) is 2.83. The van der Waals surface area contributed by atoms with Crippen molar-refractivity contribution >= 4 is 11.6 Å². The van der Waals surface area contributed by atoms with Gasteiger partial charge in [-0.25, -0.2) is 9.97 Å². The van der Waals surface area contributed by atoms with Crippen LogP contribution in [-0.4, -0.2) is 48.1 Å². The van der Waals surface area contributed by atoms with Crippen LogP contribution in [0.3, 0.4) is 0 Å². The van der Waals surface area contributed by atoms with Crippen LogP contribution < -0.4 is 10.6 Å². The first kappa shape index (κ1) is 13.6. The van der Waals surface area contributed by atoms with E-state index in [-0.39, 0.29) is 0 Å². The number of piperidine rings is 1. The Morgan fingerprint density at radius 2 is 2.00 bits per heavy atom. The average Bonchev–Trinajstić information content (AvgIpc) is 3.31. The maximum Gasteiger partial charge on any atom is 0.136 e. The van der Waals surface area contributed by atoms with Crippen molar-refractivity contribution in [3.05, 3.63) is 11.9 Å². The molecule has 1 unspecified atom stereocenters. The van der Waals surface area contributed by atoms with E-state index >= 15 is 0 Å². The van der Waals surface area contributed by atoms with Gasteiger partial charge in [0.05, 0.1) is 0 Å². The lowest BCUT2D eigenvalue weighted by Gasteiger charge is -2.32. The summed E-state index contributed by atoms with van der Waals surface area (Å²) in [5.74, 6) is 3.46. The van der Waals surface area contributed by atoms with Crippen molar-refractivity contribution in [2.45, 2.75) is 44.1 Å². The molecule has 2 N–H and O–H groups in total. The molecular weight excluding hydrogens is 250 g/mol. The zero-order chi connectivity index (χ0) is 13.9. The van der Waals surface area contributed by atoms with Crippen LogP contribution in [-0.2, 0) is 0 Å². The van der Waals surface area contributed by atoms with Crippen LogP contribution in [0.1, 0.15) is 43.8 Å². The Bertz CT molecular complexity index is 458. The lowest BCUT2D eigenvalue weighted by molar-refractivity contribution is 0.194. The second-order valence-electron chi connectivity index (χ2n) is 6.03. The minimum atomic E-state index is 0.584. The number of rotatable bonds is 5. The summed E-state index contributed by atoms with van der Waals surface area (Å²) in [6.07, 6.45) is 6.42. The van der Waals surface area contributed by atoms with Gasteiger partial charge in [0.15, 0.2) is 0 Å². The Hall–Kier alpha value is -1.36. The molecule has 1 aromatic rings. The minimum Gasteiger partial charge on any atom is -0.373 e. The van der Waals surface area contributed by atoms with E-state index in [1.165, 1.54) is 38.6 Å². The first-order chi connectivity index (χ1) is 9.76. The summed E-state index contributed by atoms with van der Waals surface area (Å²) in [5.41, 5.74) is 0. The van der Waals surface area contributed by atoms with E-state index in [0.29, 0.717) is 12.0 Å². The summed E-state index contributed by atoms with van der Waals surface area (Å²) in [5, 5.41) is 6.65. The Balaban J connectivity index is 1.65. The van der Waals surface area contributed by atoms with E-state index in [9.17, 15) is 0 Å². The molecule has 2 heterocycles. The van der Waals surface area contributed by atoms with Crippen molar-refractivity contribution in [2.75, 3.05) is 37.8 Å². The molecule has 0 radical (unpaired) electrons. The van der Waals surface area contributed by atoms with Crippen LogP contribution in [0.2, 0.25) is 0 Å². The number of nitrogens with one attached hydrogen (secondary N) is 2. The van der Waals surface area contributed by atoms with Gasteiger partial charge in [0.1, 0.15) is 17.5 Å². The zero-order valence-electron chi connectivity index (χ0n) is 12.5. The van der Waals surface area contributed by atoms with E-state index in [1.54, 1.807) is 0 Å². The summed E-state index contributed by atoms with van der Waals surface area (Å²) in [6.45, 7) is 2.19. The van der Waals surface area contributed by atoms with Gasteiger partial charge in [0, 0.05) is 31.6 Å². The normalized spacial score (nSPS) is 23.6. The molecule has 2 fully saturated rings. The fourth-order valence-corrected chi connectivity index (χ4v) is 2.83. The highest BCUT2D eigenvalue weighted by Crippen LogP contribution is 2.38. The predicted molar refractivity (Wildman–Crippen MR) is 82.3 cm³/mol. The van der Waals surface area contributed by atoms with E-state index in [0.717, 1.165) is 24.0 Å². The van der Waals surface area contributed by atoms with Gasteiger partial charge >= 0.3 is 0 Å². The second-order valence-corrected chi connectivity index (χ2v) is 6.03. The van der Waals surface area contributed by atoms with E-state index in [1.807, 2.05) is 13.1 Å². The van der Waals surface area contributed by atoms with Gasteiger partial charge in [-0.05, 0) is 39.3 Å². The van der Waals surface area contributed by atoms with Crippen molar-refractivity contribution in [1.29, 1.82) is 0 Å². The highest BCUT2D eigenvalue weighted by Gasteiger charge is 2.27. The average molecular weight is 275 g/mol. The smallest absolute Gasteiger partial charge is 0.136 e. The molecule has 110 valence electrons. The molecule has 1 saturated carbocycles. The number of hydrogen-bond donors (Lipinski definition) is 2. The van der Waals surface area contributed by atoms with Crippen molar-refractivity contribution in [1.82, 2.24) is 14.9 Å². The molecule has 0 aromatic carbocycles. The largest absolute Gasteiger partial charge is 0.373 e. The van der Waals surface area contributed by atoms with Crippen LogP contribution in [0, 0.1) is 0 Å². The van der Waals surface area contributed by atoms with Gasteiger partial charge in [0.25, 0.3) is 0 Å². The third-order valence-electron chi connectivity index (χ3n) is 4.38. The molecule has 0 amide bonds. The number of anilines is 2. The van der Waals surface area contributed by atoms with Crippen molar-refractivity contribution in [2.24, 2.45) is 0 Å². The predicted octanol–water partition coefficient (Wildman–Crippen LogP) is 2.29. The van der Waals surface area contributed by atoms with Gasteiger partial charge in [0.2, 0.25) is 0 Å². The summed E-state index contributed by atoms with van der Waals surface area (Å²) < 4.78 is 0. The van der Waals surface area contributed by atoms with Gasteiger partial charge < -0.3 is 15.5 Å². The molecule has 1 atom stereocenters. The van der Waals surface area contributed by atoms with Gasteiger partial charge in [-0.3, -0.25) is 0 Å². The van der Waals surface area contributed by atoms with Gasteiger partial charge in [-0.15, -0.1) is 0 Å². The molecule has 2 aliphatic rings. The third-order valence-corrected chi connectivity index (χ3v) is 4.38. The molecule has 0 spiro atoms. The minimum absolute atomic E-state index is 0.584. The monoisotopic (exact) mass is 275 g/mol. The van der Waals surface area contributed by atoms with E-state index in [2.05, 4.69) is 32.5 Å². The fraction of sp³-hybridized carbons (Fsp3) is 0.733. The van der Waals surface area contributed by atoms with Gasteiger partial charge in [-0.1, -0.05) is 6.42 Å². The Labute approximate surface area is 121 Å². The van der Waals surface area contributed by atoms with Crippen LogP contribution in [0.15, 0.2) is 6.07 Å². The third kappa shape index (κ3) is 3.20. The summed E-state index contributed by atoms with van der Waals surface area (Å²) >= 11 is 0. The maximum absolute atomic E-state index is 4.67. The van der Waals surface area contributed by atoms with Crippen LogP contribution >= 0.6 is 0 Å². The maximum atomic E-state index is 4.67. The Morgan fingerprint density at radius 3 is 2.70 bits per heavy atom. The first-order valence-electron chi connectivity index (χ1n) is 7.77. The van der Waals surface area contributed by atoms with Crippen molar-refractivity contribution in [3.8, 4) is 0 Å². The summed E-state index contributed by atoms with van der Waals surface area (Å²) in [7, 11) is 4.14. The topological polar surface area (TPSA) is 53.1 Å². The van der Waals surface area contributed by atoms with Crippen LogP contribution in [0.5, 0.6) is 0 Å². The number of likely N-dealkylation sites (tertiary alicyclic amines) is 1. The van der Waals surface area contributed by atoms with Crippen molar-refractivity contribution in [3.63, 3.8) is 0 Å².